The first-order valence-electron chi connectivity index (χ1n) is 19.7. The number of hydrogen-bond donors (Lipinski definition) is 1. The van der Waals surface area contributed by atoms with Crippen molar-refractivity contribution >= 4 is 22.6 Å². The Morgan fingerprint density at radius 1 is 0.700 bits per heavy atom. The quantitative estimate of drug-likeness (QED) is 0.178. The van der Waals surface area contributed by atoms with Crippen LogP contribution in [0.25, 0.3) is 0 Å². The molecule has 4 heterocycles. The molecule has 4 aliphatic heterocycles. The number of rotatable bonds is 10. The Kier molecular flexibility index (Phi) is 13.5. The summed E-state index contributed by atoms with van der Waals surface area (Å²) in [7, 11) is -3.63. The van der Waals surface area contributed by atoms with Crippen molar-refractivity contribution in [2.24, 2.45) is 23.7 Å². The van der Waals surface area contributed by atoms with Crippen molar-refractivity contribution in [3.8, 4) is 0 Å². The van der Waals surface area contributed by atoms with Crippen LogP contribution in [-0.2, 0) is 42.1 Å². The van der Waals surface area contributed by atoms with Crippen molar-refractivity contribution in [2.45, 2.75) is 185 Å². The van der Waals surface area contributed by atoms with E-state index in [1.54, 1.807) is 0 Å². The van der Waals surface area contributed by atoms with Crippen molar-refractivity contribution in [1.29, 1.82) is 0 Å². The van der Waals surface area contributed by atoms with Crippen LogP contribution in [0.1, 0.15) is 106 Å². The van der Waals surface area contributed by atoms with Crippen LogP contribution in [-0.4, -0.2) is 97.4 Å². The highest BCUT2D eigenvalue weighted by Gasteiger charge is 2.53. The van der Waals surface area contributed by atoms with Gasteiger partial charge in [-0.05, 0) is 80.7 Å². The van der Waals surface area contributed by atoms with Crippen LogP contribution in [0.15, 0.2) is 0 Å². The Hall–Kier alpha value is -0.416. The first-order valence-corrected chi connectivity index (χ1v) is 25.5. The maximum absolute atomic E-state index is 11.7. The summed E-state index contributed by atoms with van der Waals surface area (Å²) in [6, 6.07) is 0. The molecule has 0 aromatic carbocycles. The van der Waals surface area contributed by atoms with E-state index < -0.39 is 22.9 Å². The molecule has 290 valence electrons. The van der Waals surface area contributed by atoms with E-state index in [4.69, 9.17) is 37.3 Å². The lowest BCUT2D eigenvalue weighted by atomic mass is 9.93. The summed E-state index contributed by atoms with van der Waals surface area (Å²) in [5.74, 6) is 0.983. The van der Waals surface area contributed by atoms with Gasteiger partial charge in [0.05, 0.1) is 24.7 Å². The summed E-state index contributed by atoms with van der Waals surface area (Å²) in [6.07, 6.45) is 8.77. The Morgan fingerprint density at radius 2 is 1.18 bits per heavy atom. The average molecular weight is 743 g/mol. The molecule has 50 heavy (non-hydrogen) atoms. The largest absolute Gasteiger partial charge is 0.462 e. The van der Waals surface area contributed by atoms with Crippen molar-refractivity contribution in [1.82, 2.24) is 0 Å². The van der Waals surface area contributed by atoms with Gasteiger partial charge in [0.1, 0.15) is 6.10 Å². The van der Waals surface area contributed by atoms with Crippen LogP contribution in [0.2, 0.25) is 36.3 Å². The molecule has 2 aliphatic carbocycles. The number of hydrogen-bond acceptors (Lipinski definition) is 10. The zero-order valence-electron chi connectivity index (χ0n) is 32.9. The predicted molar refractivity (Wildman–Crippen MR) is 196 cm³/mol. The minimum Gasteiger partial charge on any atom is -0.462 e. The van der Waals surface area contributed by atoms with Crippen molar-refractivity contribution < 1.29 is 47.2 Å². The SMILES string of the molecule is CC(C)(C)[Si](C)(C)OC[C@H]1[C@H](OC2CCCCO2)CC2OC(=O)C[C@@H]21.CC(C)(C)[Si](C)(C)OC[C@H]1[C@H](OC2CCCCO2)CC2OC(O)C[C@@H]21. The maximum Gasteiger partial charge on any atom is 0.306 e. The van der Waals surface area contributed by atoms with Gasteiger partial charge >= 0.3 is 5.97 Å². The minimum atomic E-state index is -1.83. The van der Waals surface area contributed by atoms with Gasteiger partial charge in [-0.2, -0.15) is 0 Å². The summed E-state index contributed by atoms with van der Waals surface area (Å²) in [5.41, 5.74) is 0. The predicted octanol–water partition coefficient (Wildman–Crippen LogP) is 7.54. The summed E-state index contributed by atoms with van der Waals surface area (Å²) in [6.45, 7) is 25.6. The normalized spacial score (nSPS) is 38.0. The molecule has 0 aromatic heterocycles. The Balaban J connectivity index is 0.000000194. The Labute approximate surface area is 304 Å². The highest BCUT2D eigenvalue weighted by molar-refractivity contribution is 6.74. The molecule has 0 radical (unpaired) electrons. The van der Waals surface area contributed by atoms with Crippen LogP contribution in [0.3, 0.4) is 0 Å². The summed E-state index contributed by atoms with van der Waals surface area (Å²) < 4.78 is 48.5. The standard InChI is InChI=1S/C19H36O5Si.C19H34O5Si/c2*1-19(2,3)25(4,5)22-12-14-13-10-17(20)23-15(13)11-16(14)24-18-8-6-7-9-21-18/h13-18,20H,6-12H2,1-5H3;13-16,18H,6-12H2,1-5H3/t13-,14-,15?,16-,17?,18?;13-,14-,15?,16-,18?/m11/s1. The van der Waals surface area contributed by atoms with Crippen LogP contribution in [0.4, 0.5) is 0 Å². The topological polar surface area (TPSA) is 111 Å². The molecule has 4 saturated heterocycles. The van der Waals surface area contributed by atoms with Crippen molar-refractivity contribution in [3.63, 3.8) is 0 Å². The number of ether oxygens (including phenoxy) is 6. The number of esters is 1. The molecule has 0 bridgehead atoms. The summed E-state index contributed by atoms with van der Waals surface area (Å²) in [4.78, 5) is 11.7. The third-order valence-electron chi connectivity index (χ3n) is 13.2. The molecule has 1 N–H and O–H groups in total. The fourth-order valence-corrected chi connectivity index (χ4v) is 9.99. The lowest BCUT2D eigenvalue weighted by molar-refractivity contribution is -0.201. The maximum atomic E-state index is 11.7. The van der Waals surface area contributed by atoms with Gasteiger partial charge in [-0.15, -0.1) is 0 Å². The average Bonchev–Trinajstić information content (AvgIpc) is 3.74. The number of carbonyl (C=O) groups is 1. The van der Waals surface area contributed by atoms with Crippen LogP contribution in [0, 0.1) is 23.7 Å². The summed E-state index contributed by atoms with van der Waals surface area (Å²) in [5, 5.41) is 10.3. The number of aliphatic hydroxyl groups is 1. The van der Waals surface area contributed by atoms with E-state index in [0.29, 0.717) is 32.0 Å². The van der Waals surface area contributed by atoms with Crippen LogP contribution in [0.5, 0.6) is 0 Å². The van der Waals surface area contributed by atoms with Gasteiger partial charge in [-0.25, -0.2) is 0 Å². The van der Waals surface area contributed by atoms with Crippen LogP contribution >= 0.6 is 0 Å². The molecular formula is C38H70O10Si2. The Bertz CT molecular complexity index is 1090. The van der Waals surface area contributed by atoms with E-state index in [9.17, 15) is 9.90 Å². The molecule has 10 nitrogen and oxygen atoms in total. The second-order valence-corrected chi connectivity index (χ2v) is 28.4. The smallest absolute Gasteiger partial charge is 0.306 e. The lowest BCUT2D eigenvalue weighted by Crippen LogP contribution is -2.44. The highest BCUT2D eigenvalue weighted by Crippen LogP contribution is 2.47. The molecule has 12 heteroatoms. The molecule has 6 aliphatic rings. The first kappa shape index (κ1) is 40.8. The third kappa shape index (κ3) is 10.0. The molecule has 5 unspecified atom stereocenters. The highest BCUT2D eigenvalue weighted by atomic mass is 28.4. The van der Waals surface area contributed by atoms with E-state index in [2.05, 4.69) is 67.7 Å². The van der Waals surface area contributed by atoms with Crippen LogP contribution < -0.4 is 0 Å². The molecule has 0 spiro atoms. The van der Waals surface area contributed by atoms with Gasteiger partial charge in [0, 0.05) is 63.4 Å². The van der Waals surface area contributed by atoms with Gasteiger partial charge in [0.15, 0.2) is 35.5 Å². The van der Waals surface area contributed by atoms with Gasteiger partial charge in [0.25, 0.3) is 0 Å². The van der Waals surface area contributed by atoms with Gasteiger partial charge < -0.3 is 42.4 Å². The monoisotopic (exact) mass is 742 g/mol. The second kappa shape index (κ2) is 16.5. The molecular weight excluding hydrogens is 673 g/mol. The molecule has 6 rings (SSSR count). The second-order valence-electron chi connectivity index (χ2n) is 18.8. The number of aliphatic hydroxyl groups excluding tert-OH is 1. The van der Waals surface area contributed by atoms with Crippen molar-refractivity contribution in [2.75, 3.05) is 26.4 Å². The third-order valence-corrected chi connectivity index (χ3v) is 22.2. The fraction of sp³-hybridized carbons (Fsp3) is 0.974. The first-order chi connectivity index (χ1) is 23.3. The molecule has 0 amide bonds. The zero-order chi connectivity index (χ0) is 36.5. The fourth-order valence-electron chi connectivity index (χ4n) is 7.90. The minimum absolute atomic E-state index is 0.00546. The Morgan fingerprint density at radius 3 is 1.64 bits per heavy atom. The van der Waals surface area contributed by atoms with Gasteiger partial charge in [0.2, 0.25) is 0 Å². The van der Waals surface area contributed by atoms with Gasteiger partial charge in [-0.3, -0.25) is 4.79 Å². The van der Waals surface area contributed by atoms with Crippen molar-refractivity contribution in [3.05, 3.63) is 0 Å². The van der Waals surface area contributed by atoms with E-state index >= 15 is 0 Å². The van der Waals surface area contributed by atoms with Gasteiger partial charge in [-0.1, -0.05) is 41.5 Å². The van der Waals surface area contributed by atoms with E-state index in [1.807, 2.05) is 0 Å². The molecule has 11 atom stereocenters. The number of fused-ring (bicyclic) bond motifs is 2. The number of carbonyl (C=O) groups excluding carboxylic acids is 1. The zero-order valence-corrected chi connectivity index (χ0v) is 34.9. The lowest BCUT2D eigenvalue weighted by Gasteiger charge is -2.38. The van der Waals surface area contributed by atoms with E-state index in [1.165, 1.54) is 6.42 Å². The molecule has 0 aromatic rings. The molecule has 6 fully saturated rings. The molecule has 2 saturated carbocycles. The van der Waals surface area contributed by atoms with E-state index in [0.717, 1.165) is 58.2 Å². The van der Waals surface area contributed by atoms with E-state index in [-0.39, 0.29) is 70.8 Å². The summed E-state index contributed by atoms with van der Waals surface area (Å²) >= 11 is 0.